The molecule has 0 saturated carbocycles. The Labute approximate surface area is 113 Å². The summed E-state index contributed by atoms with van der Waals surface area (Å²) in [5.41, 5.74) is -1.33. The van der Waals surface area contributed by atoms with Crippen molar-refractivity contribution in [3.63, 3.8) is 0 Å². The second-order valence-electron chi connectivity index (χ2n) is 5.00. The molecule has 0 saturated heterocycles. The van der Waals surface area contributed by atoms with Crippen molar-refractivity contribution in [2.75, 3.05) is 13.1 Å². The van der Waals surface area contributed by atoms with Gasteiger partial charge in [0.1, 0.15) is 5.54 Å². The molecular weight excluding hydrogens is 250 g/mol. The Hall–Kier alpha value is -1.79. The van der Waals surface area contributed by atoms with E-state index in [0.717, 1.165) is 0 Å². The zero-order valence-electron chi connectivity index (χ0n) is 11.9. The summed E-state index contributed by atoms with van der Waals surface area (Å²) >= 11 is 0. The van der Waals surface area contributed by atoms with E-state index in [1.807, 2.05) is 13.8 Å². The van der Waals surface area contributed by atoms with Crippen LogP contribution >= 0.6 is 0 Å². The maximum absolute atomic E-state index is 11.5. The molecule has 0 spiro atoms. The standard InChI is InChI=1S/C12H23N3O4/c1-5-12(4,10(17)18)15-11(19)14-7-9(16)13-6-8(2)3/h8H,5-7H2,1-4H3,(H,13,16)(H,17,18)(H2,14,15,19). The molecule has 1 atom stereocenters. The van der Waals surface area contributed by atoms with Crippen LogP contribution in [0.25, 0.3) is 0 Å². The van der Waals surface area contributed by atoms with E-state index in [0.29, 0.717) is 12.5 Å². The molecule has 0 aliphatic heterocycles. The van der Waals surface area contributed by atoms with Crippen LogP contribution in [-0.2, 0) is 9.59 Å². The highest BCUT2D eigenvalue weighted by Gasteiger charge is 2.32. The molecule has 0 fully saturated rings. The van der Waals surface area contributed by atoms with E-state index >= 15 is 0 Å². The van der Waals surface area contributed by atoms with Gasteiger partial charge in [0.15, 0.2) is 0 Å². The highest BCUT2D eigenvalue weighted by atomic mass is 16.4. The molecular formula is C12H23N3O4. The molecule has 0 aromatic heterocycles. The lowest BCUT2D eigenvalue weighted by Gasteiger charge is -2.24. The normalized spacial score (nSPS) is 13.5. The first-order valence-corrected chi connectivity index (χ1v) is 6.27. The summed E-state index contributed by atoms with van der Waals surface area (Å²) < 4.78 is 0. The van der Waals surface area contributed by atoms with Crippen LogP contribution in [0.4, 0.5) is 4.79 Å². The average Bonchev–Trinajstić information content (AvgIpc) is 2.33. The molecule has 3 amide bonds. The second-order valence-corrected chi connectivity index (χ2v) is 5.00. The van der Waals surface area contributed by atoms with Gasteiger partial charge in [0.25, 0.3) is 0 Å². The Morgan fingerprint density at radius 3 is 2.21 bits per heavy atom. The highest BCUT2D eigenvalue weighted by molar-refractivity contribution is 5.88. The maximum atomic E-state index is 11.5. The lowest BCUT2D eigenvalue weighted by Crippen LogP contribution is -2.55. The quantitative estimate of drug-likeness (QED) is 0.535. The predicted octanol–water partition coefficient (Wildman–Crippen LogP) is 0.311. The van der Waals surface area contributed by atoms with Gasteiger partial charge >= 0.3 is 12.0 Å². The summed E-state index contributed by atoms with van der Waals surface area (Å²) in [5, 5.41) is 16.3. The van der Waals surface area contributed by atoms with Crippen molar-refractivity contribution in [2.24, 2.45) is 5.92 Å². The molecule has 7 nitrogen and oxygen atoms in total. The van der Waals surface area contributed by atoms with E-state index in [1.54, 1.807) is 6.92 Å². The van der Waals surface area contributed by atoms with Crippen molar-refractivity contribution in [2.45, 2.75) is 39.7 Å². The molecule has 0 heterocycles. The van der Waals surface area contributed by atoms with Gasteiger partial charge in [-0.15, -0.1) is 0 Å². The van der Waals surface area contributed by atoms with Crippen LogP contribution in [0.1, 0.15) is 34.1 Å². The fourth-order valence-corrected chi connectivity index (χ4v) is 1.13. The van der Waals surface area contributed by atoms with Gasteiger partial charge in [-0.3, -0.25) is 4.79 Å². The van der Waals surface area contributed by atoms with Gasteiger partial charge in [-0.1, -0.05) is 20.8 Å². The molecule has 4 N–H and O–H groups in total. The monoisotopic (exact) mass is 273 g/mol. The Morgan fingerprint density at radius 1 is 1.21 bits per heavy atom. The molecule has 19 heavy (non-hydrogen) atoms. The third-order valence-corrected chi connectivity index (χ3v) is 2.69. The van der Waals surface area contributed by atoms with Gasteiger partial charge in [-0.05, 0) is 19.3 Å². The first kappa shape index (κ1) is 17.2. The number of aliphatic carboxylic acids is 1. The van der Waals surface area contributed by atoms with E-state index in [4.69, 9.17) is 5.11 Å². The SMILES string of the molecule is CCC(C)(NC(=O)NCC(=O)NCC(C)C)C(=O)O. The van der Waals surface area contributed by atoms with Gasteiger partial charge in [-0.25, -0.2) is 9.59 Å². The van der Waals surface area contributed by atoms with Crippen LogP contribution < -0.4 is 16.0 Å². The number of amides is 3. The minimum Gasteiger partial charge on any atom is -0.480 e. The number of rotatable bonds is 7. The number of carboxylic acid groups (broad SMARTS) is 1. The first-order valence-electron chi connectivity index (χ1n) is 6.27. The molecule has 0 aliphatic carbocycles. The molecule has 0 rings (SSSR count). The average molecular weight is 273 g/mol. The van der Waals surface area contributed by atoms with Gasteiger partial charge < -0.3 is 21.1 Å². The molecule has 0 radical (unpaired) electrons. The van der Waals surface area contributed by atoms with Crippen molar-refractivity contribution in [1.82, 2.24) is 16.0 Å². The lowest BCUT2D eigenvalue weighted by atomic mass is 10.00. The van der Waals surface area contributed by atoms with Crippen LogP contribution in [-0.4, -0.2) is 41.6 Å². The topological polar surface area (TPSA) is 108 Å². The molecule has 1 unspecified atom stereocenters. The largest absolute Gasteiger partial charge is 0.480 e. The fraction of sp³-hybridized carbons (Fsp3) is 0.750. The van der Waals surface area contributed by atoms with Gasteiger partial charge in [0.05, 0.1) is 6.54 Å². The summed E-state index contributed by atoms with van der Waals surface area (Å²) in [4.78, 5) is 33.8. The number of carbonyl (C=O) groups is 3. The van der Waals surface area contributed by atoms with Crippen molar-refractivity contribution in [3.05, 3.63) is 0 Å². The molecule has 110 valence electrons. The summed E-state index contributed by atoms with van der Waals surface area (Å²) in [5.74, 6) is -1.10. The van der Waals surface area contributed by atoms with Gasteiger partial charge in [0, 0.05) is 6.54 Å². The Balaban J connectivity index is 4.12. The molecule has 0 aromatic rings. The third-order valence-electron chi connectivity index (χ3n) is 2.69. The Morgan fingerprint density at radius 2 is 1.79 bits per heavy atom. The van der Waals surface area contributed by atoms with Crippen LogP contribution in [0, 0.1) is 5.92 Å². The van der Waals surface area contributed by atoms with Crippen LogP contribution in [0.5, 0.6) is 0 Å². The zero-order chi connectivity index (χ0) is 15.1. The van der Waals surface area contributed by atoms with Crippen molar-refractivity contribution in [3.8, 4) is 0 Å². The van der Waals surface area contributed by atoms with Gasteiger partial charge in [0.2, 0.25) is 5.91 Å². The molecule has 7 heteroatoms. The Bertz CT molecular complexity index is 344. The fourth-order valence-electron chi connectivity index (χ4n) is 1.13. The summed E-state index contributed by atoms with van der Waals surface area (Å²) in [6, 6.07) is -0.675. The predicted molar refractivity (Wildman–Crippen MR) is 70.7 cm³/mol. The van der Waals surface area contributed by atoms with Crippen LogP contribution in [0.15, 0.2) is 0 Å². The van der Waals surface area contributed by atoms with Crippen molar-refractivity contribution < 1.29 is 19.5 Å². The summed E-state index contributed by atoms with van der Waals surface area (Å²) in [6.07, 6.45) is 0.245. The van der Waals surface area contributed by atoms with E-state index in [2.05, 4.69) is 16.0 Å². The number of hydrogen-bond donors (Lipinski definition) is 4. The minimum atomic E-state index is -1.33. The number of hydrogen-bond acceptors (Lipinski definition) is 3. The number of carbonyl (C=O) groups excluding carboxylic acids is 2. The van der Waals surface area contributed by atoms with E-state index in [-0.39, 0.29) is 18.9 Å². The summed E-state index contributed by atoms with van der Waals surface area (Å²) in [7, 11) is 0. The number of nitrogens with one attached hydrogen (secondary N) is 3. The van der Waals surface area contributed by atoms with Crippen LogP contribution in [0.3, 0.4) is 0 Å². The maximum Gasteiger partial charge on any atom is 0.329 e. The van der Waals surface area contributed by atoms with Crippen molar-refractivity contribution >= 4 is 17.9 Å². The molecule has 0 aromatic carbocycles. The highest BCUT2D eigenvalue weighted by Crippen LogP contribution is 2.08. The van der Waals surface area contributed by atoms with Gasteiger partial charge in [-0.2, -0.15) is 0 Å². The van der Waals surface area contributed by atoms with E-state index in [1.165, 1.54) is 6.92 Å². The van der Waals surface area contributed by atoms with Crippen LogP contribution in [0.2, 0.25) is 0 Å². The third kappa shape index (κ3) is 6.64. The lowest BCUT2D eigenvalue weighted by molar-refractivity contribution is -0.143. The molecule has 0 bridgehead atoms. The van der Waals surface area contributed by atoms with E-state index < -0.39 is 17.5 Å². The van der Waals surface area contributed by atoms with E-state index in [9.17, 15) is 14.4 Å². The minimum absolute atomic E-state index is 0.183. The number of urea groups is 1. The van der Waals surface area contributed by atoms with Crippen molar-refractivity contribution in [1.29, 1.82) is 0 Å². The number of carboxylic acids is 1. The Kier molecular flexibility index (Phi) is 6.89. The molecule has 0 aliphatic rings. The summed E-state index contributed by atoms with van der Waals surface area (Å²) in [6.45, 7) is 7.33. The first-order chi connectivity index (χ1) is 8.71. The smallest absolute Gasteiger partial charge is 0.329 e. The zero-order valence-corrected chi connectivity index (χ0v) is 11.9. The second kappa shape index (κ2) is 7.60.